The van der Waals surface area contributed by atoms with E-state index in [1.54, 1.807) is 0 Å². The number of fused-ring (bicyclic) bond motifs is 1. The molecule has 0 amide bonds. The van der Waals surface area contributed by atoms with E-state index in [2.05, 4.69) is 69.5 Å². The van der Waals surface area contributed by atoms with Crippen molar-refractivity contribution in [1.29, 1.82) is 0 Å². The number of nitrogens with one attached hydrogen (secondary N) is 1. The van der Waals surface area contributed by atoms with Crippen LogP contribution in [0.3, 0.4) is 0 Å². The summed E-state index contributed by atoms with van der Waals surface area (Å²) in [6.07, 6.45) is 4.04. The highest BCUT2D eigenvalue weighted by atomic mass is 14.9. The predicted molar refractivity (Wildman–Crippen MR) is 91.6 cm³/mol. The van der Waals surface area contributed by atoms with Crippen LogP contribution in [0.1, 0.15) is 50.3 Å². The minimum Gasteiger partial charge on any atom is -0.313 e. The topological polar surface area (TPSA) is 12.0 Å². The molecule has 0 aromatic heterocycles. The fourth-order valence-electron chi connectivity index (χ4n) is 4.29. The Kier molecular flexibility index (Phi) is 3.79. The third-order valence-electron chi connectivity index (χ3n) is 5.56. The monoisotopic (exact) mass is 281 g/mol. The van der Waals surface area contributed by atoms with E-state index in [1.165, 1.54) is 41.2 Å². The lowest BCUT2D eigenvalue weighted by atomic mass is 9.74. The Morgan fingerprint density at radius 1 is 1.10 bits per heavy atom. The van der Waals surface area contributed by atoms with Crippen LogP contribution in [0.4, 0.5) is 0 Å². The molecule has 2 unspecified atom stereocenters. The molecule has 0 bridgehead atoms. The summed E-state index contributed by atoms with van der Waals surface area (Å²) in [5, 5.41) is 6.44. The van der Waals surface area contributed by atoms with E-state index in [9.17, 15) is 0 Å². The smallest absolute Gasteiger partial charge is 0.0357 e. The van der Waals surface area contributed by atoms with Gasteiger partial charge in [-0.1, -0.05) is 56.7 Å². The van der Waals surface area contributed by atoms with Gasteiger partial charge in [-0.15, -0.1) is 0 Å². The zero-order chi connectivity index (χ0) is 15.0. The van der Waals surface area contributed by atoms with E-state index in [0.717, 1.165) is 0 Å². The summed E-state index contributed by atoms with van der Waals surface area (Å²) in [4.78, 5) is 0. The van der Waals surface area contributed by atoms with Crippen molar-refractivity contribution in [2.75, 3.05) is 7.05 Å². The normalized spacial score (nSPS) is 22.6. The van der Waals surface area contributed by atoms with Crippen molar-refractivity contribution in [3.8, 4) is 0 Å². The van der Waals surface area contributed by atoms with Crippen LogP contribution < -0.4 is 5.32 Å². The molecule has 0 spiro atoms. The zero-order valence-corrected chi connectivity index (χ0v) is 13.7. The maximum atomic E-state index is 3.63. The van der Waals surface area contributed by atoms with Crippen LogP contribution in [0.2, 0.25) is 0 Å². The molecule has 3 rings (SSSR count). The Hall–Kier alpha value is -1.34. The Morgan fingerprint density at radius 2 is 1.81 bits per heavy atom. The predicted octanol–water partition coefficient (Wildman–Crippen LogP) is 5.24. The van der Waals surface area contributed by atoms with Crippen molar-refractivity contribution >= 4 is 10.8 Å². The van der Waals surface area contributed by atoms with Gasteiger partial charge in [0.2, 0.25) is 0 Å². The molecular weight excluding hydrogens is 254 g/mol. The van der Waals surface area contributed by atoms with E-state index in [1.807, 2.05) is 0 Å². The second-order valence-electron chi connectivity index (χ2n) is 7.27. The largest absolute Gasteiger partial charge is 0.313 e. The molecule has 0 saturated heterocycles. The Balaban J connectivity index is 2.12. The van der Waals surface area contributed by atoms with Gasteiger partial charge in [-0.05, 0) is 60.0 Å². The summed E-state index contributed by atoms with van der Waals surface area (Å²) in [5.41, 5.74) is 3.27. The molecular formula is C20H27N. The number of hydrogen-bond donors (Lipinski definition) is 1. The summed E-state index contributed by atoms with van der Waals surface area (Å²) in [6.45, 7) is 7.08. The molecule has 1 nitrogen and oxygen atoms in total. The van der Waals surface area contributed by atoms with E-state index >= 15 is 0 Å². The van der Waals surface area contributed by atoms with Crippen molar-refractivity contribution in [3.05, 3.63) is 47.5 Å². The third kappa shape index (κ3) is 2.48. The van der Waals surface area contributed by atoms with Crippen LogP contribution in [0.15, 0.2) is 36.4 Å². The number of benzene rings is 2. The zero-order valence-electron chi connectivity index (χ0n) is 13.7. The molecule has 21 heavy (non-hydrogen) atoms. The van der Waals surface area contributed by atoms with Gasteiger partial charge < -0.3 is 5.32 Å². The minimum absolute atomic E-state index is 0.430. The van der Waals surface area contributed by atoms with Gasteiger partial charge in [-0.25, -0.2) is 0 Å². The van der Waals surface area contributed by atoms with Gasteiger partial charge in [0.05, 0.1) is 0 Å². The lowest BCUT2D eigenvalue weighted by molar-refractivity contribution is 0.204. The van der Waals surface area contributed by atoms with E-state index < -0.39 is 0 Å². The van der Waals surface area contributed by atoms with E-state index in [0.29, 0.717) is 17.4 Å². The first-order chi connectivity index (χ1) is 10.0. The molecule has 1 N–H and O–H groups in total. The van der Waals surface area contributed by atoms with Crippen molar-refractivity contribution in [1.82, 2.24) is 5.32 Å². The van der Waals surface area contributed by atoms with Crippen LogP contribution in [-0.2, 0) is 0 Å². The van der Waals surface area contributed by atoms with E-state index in [-0.39, 0.29) is 0 Å². The summed E-state index contributed by atoms with van der Waals surface area (Å²) < 4.78 is 0. The molecule has 2 aromatic rings. The average Bonchev–Trinajstić information content (AvgIpc) is 2.82. The van der Waals surface area contributed by atoms with Gasteiger partial charge in [-0.3, -0.25) is 0 Å². The Labute approximate surface area is 128 Å². The lowest BCUT2D eigenvalue weighted by Crippen LogP contribution is -2.32. The maximum Gasteiger partial charge on any atom is 0.0357 e. The maximum absolute atomic E-state index is 3.63. The van der Waals surface area contributed by atoms with Crippen molar-refractivity contribution in [3.63, 3.8) is 0 Å². The molecule has 0 aliphatic heterocycles. The van der Waals surface area contributed by atoms with Gasteiger partial charge in [0.15, 0.2) is 0 Å². The SMILES string of the molecule is CNC(c1ccc(C)c2ccccc12)C1CCCC1(C)C. The molecule has 1 saturated carbocycles. The first-order valence-corrected chi connectivity index (χ1v) is 8.20. The molecule has 0 heterocycles. The van der Waals surface area contributed by atoms with Gasteiger partial charge >= 0.3 is 0 Å². The van der Waals surface area contributed by atoms with Crippen molar-refractivity contribution < 1.29 is 0 Å². The van der Waals surface area contributed by atoms with Crippen LogP contribution in [0.5, 0.6) is 0 Å². The standard InChI is InChI=1S/C20H27N/c1-14-11-12-17(16-9-6-5-8-15(14)16)19(21-4)18-10-7-13-20(18,2)3/h5-6,8-9,11-12,18-19,21H,7,10,13H2,1-4H3. The van der Waals surface area contributed by atoms with Gasteiger partial charge in [0, 0.05) is 6.04 Å². The molecule has 1 heteroatoms. The highest BCUT2D eigenvalue weighted by molar-refractivity contribution is 5.89. The molecule has 0 radical (unpaired) electrons. The highest BCUT2D eigenvalue weighted by Gasteiger charge is 2.39. The quantitative estimate of drug-likeness (QED) is 0.811. The minimum atomic E-state index is 0.430. The molecule has 2 atom stereocenters. The summed E-state index contributed by atoms with van der Waals surface area (Å²) >= 11 is 0. The number of aryl methyl sites for hydroxylation is 1. The molecule has 1 aliphatic carbocycles. The fourth-order valence-corrected chi connectivity index (χ4v) is 4.29. The van der Waals surface area contributed by atoms with Gasteiger partial charge in [-0.2, -0.15) is 0 Å². The van der Waals surface area contributed by atoms with Crippen molar-refractivity contribution in [2.45, 2.75) is 46.1 Å². The summed E-state index contributed by atoms with van der Waals surface area (Å²) in [6, 6.07) is 13.9. The first kappa shape index (κ1) is 14.6. The molecule has 2 aromatic carbocycles. The average molecular weight is 281 g/mol. The van der Waals surface area contributed by atoms with Gasteiger partial charge in [0.1, 0.15) is 0 Å². The Morgan fingerprint density at radius 3 is 2.43 bits per heavy atom. The number of hydrogen-bond acceptors (Lipinski definition) is 1. The second kappa shape index (κ2) is 5.46. The third-order valence-corrected chi connectivity index (χ3v) is 5.56. The summed E-state index contributed by atoms with van der Waals surface area (Å²) in [7, 11) is 2.12. The van der Waals surface area contributed by atoms with Crippen LogP contribution >= 0.6 is 0 Å². The molecule has 1 aliphatic rings. The second-order valence-corrected chi connectivity index (χ2v) is 7.27. The Bertz CT molecular complexity index is 641. The van der Waals surface area contributed by atoms with Crippen LogP contribution in [0.25, 0.3) is 10.8 Å². The van der Waals surface area contributed by atoms with Crippen LogP contribution in [-0.4, -0.2) is 7.05 Å². The lowest BCUT2D eigenvalue weighted by Gasteiger charge is -2.35. The number of rotatable bonds is 3. The molecule has 1 fully saturated rings. The molecule has 112 valence electrons. The highest BCUT2D eigenvalue weighted by Crippen LogP contribution is 2.49. The van der Waals surface area contributed by atoms with Gasteiger partial charge in [0.25, 0.3) is 0 Å². The fraction of sp³-hybridized carbons (Fsp3) is 0.500. The van der Waals surface area contributed by atoms with E-state index in [4.69, 9.17) is 0 Å². The van der Waals surface area contributed by atoms with Crippen LogP contribution in [0, 0.1) is 18.3 Å². The summed E-state index contributed by atoms with van der Waals surface area (Å²) in [5.74, 6) is 0.716. The first-order valence-electron chi connectivity index (χ1n) is 8.20. The van der Waals surface area contributed by atoms with Crippen molar-refractivity contribution in [2.24, 2.45) is 11.3 Å².